The summed E-state index contributed by atoms with van der Waals surface area (Å²) in [6.07, 6.45) is 6.60. The highest BCUT2D eigenvalue weighted by atomic mass is 16.1. The lowest BCUT2D eigenvalue weighted by molar-refractivity contribution is 0.102. The van der Waals surface area contributed by atoms with Crippen molar-refractivity contribution in [2.24, 2.45) is 0 Å². The third-order valence-electron chi connectivity index (χ3n) is 5.04. The zero-order valence-electron chi connectivity index (χ0n) is 15.4. The lowest BCUT2D eigenvalue weighted by Gasteiger charge is -2.37. The molecule has 1 unspecified atom stereocenters. The lowest BCUT2D eigenvalue weighted by Crippen LogP contribution is -2.39. The van der Waals surface area contributed by atoms with E-state index in [1.54, 1.807) is 6.20 Å². The minimum atomic E-state index is -0.154. The van der Waals surface area contributed by atoms with Crippen LogP contribution in [0.15, 0.2) is 36.5 Å². The number of carbonyl (C=O) groups excluding carboxylic acids is 1. The molecule has 132 valence electrons. The number of aryl methyl sites for hydroxylation is 2. The molecule has 0 radical (unpaired) electrons. The highest BCUT2D eigenvalue weighted by Crippen LogP contribution is 2.27. The van der Waals surface area contributed by atoms with Gasteiger partial charge in [-0.2, -0.15) is 0 Å². The molecule has 1 aromatic carbocycles. The number of pyridine rings is 1. The number of amides is 1. The molecule has 1 atom stereocenters. The van der Waals surface area contributed by atoms with Gasteiger partial charge in [0.05, 0.1) is 0 Å². The standard InChI is InChI=1S/C21H27N3O/c1-4-17-7-5-6-12-24(17)18-10-11-22-20(14-18)21(25)23-19-9-8-15(2)13-16(19)3/h8-11,13-14,17H,4-7,12H2,1-3H3,(H,23,25). The molecule has 0 spiro atoms. The average Bonchev–Trinajstić information content (AvgIpc) is 2.64. The van der Waals surface area contributed by atoms with Gasteiger partial charge >= 0.3 is 0 Å². The molecule has 0 bridgehead atoms. The zero-order valence-corrected chi connectivity index (χ0v) is 15.4. The summed E-state index contributed by atoms with van der Waals surface area (Å²) in [5, 5.41) is 2.99. The van der Waals surface area contributed by atoms with Crippen LogP contribution < -0.4 is 10.2 Å². The monoisotopic (exact) mass is 337 g/mol. The molecule has 2 heterocycles. The molecule has 0 aliphatic carbocycles. The number of benzene rings is 1. The maximum Gasteiger partial charge on any atom is 0.274 e. The van der Waals surface area contributed by atoms with E-state index in [1.165, 1.54) is 24.8 Å². The topological polar surface area (TPSA) is 45.2 Å². The molecule has 2 aromatic rings. The summed E-state index contributed by atoms with van der Waals surface area (Å²) >= 11 is 0. The number of rotatable bonds is 4. The summed E-state index contributed by atoms with van der Waals surface area (Å²) < 4.78 is 0. The van der Waals surface area contributed by atoms with E-state index in [0.29, 0.717) is 11.7 Å². The number of aromatic nitrogens is 1. The van der Waals surface area contributed by atoms with E-state index >= 15 is 0 Å². The van der Waals surface area contributed by atoms with Crippen molar-refractivity contribution in [3.05, 3.63) is 53.3 Å². The molecule has 1 aromatic heterocycles. The van der Waals surface area contributed by atoms with Crippen molar-refractivity contribution in [2.45, 2.75) is 52.5 Å². The molecular formula is C21H27N3O. The van der Waals surface area contributed by atoms with Crippen LogP contribution in [0.5, 0.6) is 0 Å². The molecule has 4 nitrogen and oxygen atoms in total. The van der Waals surface area contributed by atoms with Crippen molar-refractivity contribution >= 4 is 17.3 Å². The van der Waals surface area contributed by atoms with Crippen LogP contribution >= 0.6 is 0 Å². The average molecular weight is 337 g/mol. The van der Waals surface area contributed by atoms with Gasteiger partial charge in [-0.3, -0.25) is 9.78 Å². The molecule has 1 fully saturated rings. The molecule has 1 aliphatic heterocycles. The molecule has 0 saturated carbocycles. The SMILES string of the molecule is CCC1CCCCN1c1ccnc(C(=O)Nc2ccc(C)cc2C)c1. The Morgan fingerprint density at radius 3 is 2.84 bits per heavy atom. The number of piperidine rings is 1. The van der Waals surface area contributed by atoms with Gasteiger partial charge in [-0.25, -0.2) is 0 Å². The van der Waals surface area contributed by atoms with Gasteiger partial charge < -0.3 is 10.2 Å². The Bertz CT molecular complexity index is 757. The predicted molar refractivity (Wildman–Crippen MR) is 103 cm³/mol. The molecule has 3 rings (SSSR count). The van der Waals surface area contributed by atoms with E-state index in [-0.39, 0.29) is 5.91 Å². The van der Waals surface area contributed by atoms with Crippen molar-refractivity contribution in [1.29, 1.82) is 0 Å². The smallest absolute Gasteiger partial charge is 0.274 e. The highest BCUT2D eigenvalue weighted by molar-refractivity contribution is 6.03. The Hall–Kier alpha value is -2.36. The molecular weight excluding hydrogens is 310 g/mol. The zero-order chi connectivity index (χ0) is 17.8. The van der Waals surface area contributed by atoms with Crippen LogP contribution in [0, 0.1) is 13.8 Å². The summed E-state index contributed by atoms with van der Waals surface area (Å²) in [6, 6.07) is 10.5. The van der Waals surface area contributed by atoms with Crippen LogP contribution in [-0.4, -0.2) is 23.5 Å². The summed E-state index contributed by atoms with van der Waals surface area (Å²) in [7, 11) is 0. The van der Waals surface area contributed by atoms with E-state index < -0.39 is 0 Å². The first-order valence-corrected chi connectivity index (χ1v) is 9.19. The van der Waals surface area contributed by atoms with Crippen LogP contribution in [0.2, 0.25) is 0 Å². The fraction of sp³-hybridized carbons (Fsp3) is 0.429. The third kappa shape index (κ3) is 4.01. The van der Waals surface area contributed by atoms with Gasteiger partial charge in [-0.05, 0) is 63.3 Å². The van der Waals surface area contributed by atoms with E-state index in [9.17, 15) is 4.79 Å². The summed E-state index contributed by atoms with van der Waals surface area (Å²) in [5.41, 5.74) is 4.66. The number of anilines is 2. The van der Waals surface area contributed by atoms with Crippen LogP contribution in [0.25, 0.3) is 0 Å². The second kappa shape index (κ2) is 7.68. The number of nitrogens with zero attached hydrogens (tertiary/aromatic N) is 2. The fourth-order valence-electron chi connectivity index (χ4n) is 3.63. The number of hydrogen-bond acceptors (Lipinski definition) is 3. The normalized spacial score (nSPS) is 17.4. The summed E-state index contributed by atoms with van der Waals surface area (Å²) in [6.45, 7) is 7.34. The van der Waals surface area contributed by atoms with Gasteiger partial charge in [-0.15, -0.1) is 0 Å². The van der Waals surface area contributed by atoms with Crippen LogP contribution in [0.4, 0.5) is 11.4 Å². The van der Waals surface area contributed by atoms with Crippen LogP contribution in [0.1, 0.15) is 54.2 Å². The van der Waals surface area contributed by atoms with Gasteiger partial charge in [0.1, 0.15) is 5.69 Å². The Morgan fingerprint density at radius 2 is 2.08 bits per heavy atom. The Balaban J connectivity index is 1.79. The van der Waals surface area contributed by atoms with Gasteiger partial charge in [0.15, 0.2) is 0 Å². The first kappa shape index (κ1) is 17.5. The van der Waals surface area contributed by atoms with E-state index in [4.69, 9.17) is 0 Å². The molecule has 4 heteroatoms. The Morgan fingerprint density at radius 1 is 1.24 bits per heavy atom. The fourth-order valence-corrected chi connectivity index (χ4v) is 3.63. The minimum absolute atomic E-state index is 0.154. The predicted octanol–water partition coefficient (Wildman–Crippen LogP) is 4.72. The molecule has 1 aliphatic rings. The van der Waals surface area contributed by atoms with Crippen LogP contribution in [0.3, 0.4) is 0 Å². The first-order chi connectivity index (χ1) is 12.1. The van der Waals surface area contributed by atoms with Crippen molar-refractivity contribution in [2.75, 3.05) is 16.8 Å². The first-order valence-electron chi connectivity index (χ1n) is 9.19. The van der Waals surface area contributed by atoms with Gasteiger partial charge in [0, 0.05) is 30.2 Å². The Kier molecular flexibility index (Phi) is 5.37. The van der Waals surface area contributed by atoms with Crippen molar-refractivity contribution in [1.82, 2.24) is 4.98 Å². The molecule has 25 heavy (non-hydrogen) atoms. The molecule has 1 amide bonds. The van der Waals surface area contributed by atoms with Crippen molar-refractivity contribution in [3.8, 4) is 0 Å². The maximum atomic E-state index is 12.6. The highest BCUT2D eigenvalue weighted by Gasteiger charge is 2.22. The van der Waals surface area contributed by atoms with E-state index in [1.807, 2.05) is 38.1 Å². The third-order valence-corrected chi connectivity index (χ3v) is 5.04. The second-order valence-corrected chi connectivity index (χ2v) is 6.92. The minimum Gasteiger partial charge on any atom is -0.368 e. The van der Waals surface area contributed by atoms with Gasteiger partial charge in [0.25, 0.3) is 5.91 Å². The van der Waals surface area contributed by atoms with E-state index in [2.05, 4.69) is 28.2 Å². The number of carbonyl (C=O) groups is 1. The molecule has 1 saturated heterocycles. The van der Waals surface area contributed by atoms with Crippen molar-refractivity contribution < 1.29 is 4.79 Å². The quantitative estimate of drug-likeness (QED) is 0.878. The summed E-state index contributed by atoms with van der Waals surface area (Å²) in [5.74, 6) is -0.154. The number of nitrogens with one attached hydrogen (secondary N) is 1. The van der Waals surface area contributed by atoms with E-state index in [0.717, 1.165) is 29.9 Å². The molecule has 1 N–H and O–H groups in total. The number of hydrogen-bond donors (Lipinski definition) is 1. The van der Waals surface area contributed by atoms with Crippen LogP contribution in [-0.2, 0) is 0 Å². The summed E-state index contributed by atoms with van der Waals surface area (Å²) in [4.78, 5) is 19.4. The van der Waals surface area contributed by atoms with Gasteiger partial charge in [-0.1, -0.05) is 24.6 Å². The maximum absolute atomic E-state index is 12.6. The van der Waals surface area contributed by atoms with Gasteiger partial charge in [0.2, 0.25) is 0 Å². The largest absolute Gasteiger partial charge is 0.368 e. The van der Waals surface area contributed by atoms with Crippen molar-refractivity contribution in [3.63, 3.8) is 0 Å². The Labute approximate surface area is 150 Å². The second-order valence-electron chi connectivity index (χ2n) is 6.92. The lowest BCUT2D eigenvalue weighted by atomic mass is 9.99.